The Labute approximate surface area is 196 Å². The number of amides is 1. The Morgan fingerprint density at radius 3 is 2.42 bits per heavy atom. The molecule has 2 heterocycles. The number of piperazine rings is 1. The van der Waals surface area contributed by atoms with Crippen molar-refractivity contribution in [3.63, 3.8) is 0 Å². The minimum atomic E-state index is -3.71. The van der Waals surface area contributed by atoms with E-state index in [9.17, 15) is 17.6 Å². The van der Waals surface area contributed by atoms with Gasteiger partial charge in [0.1, 0.15) is 5.82 Å². The zero-order valence-corrected chi connectivity index (χ0v) is 19.9. The van der Waals surface area contributed by atoms with Gasteiger partial charge in [-0.2, -0.15) is 4.31 Å². The quantitative estimate of drug-likeness (QED) is 0.495. The van der Waals surface area contributed by atoms with E-state index in [0.717, 1.165) is 29.1 Å². The molecule has 11 heteroatoms. The van der Waals surface area contributed by atoms with Gasteiger partial charge in [0, 0.05) is 38.8 Å². The van der Waals surface area contributed by atoms with Crippen molar-refractivity contribution in [2.45, 2.75) is 17.0 Å². The number of benzene rings is 2. The van der Waals surface area contributed by atoms with Crippen LogP contribution < -0.4 is 0 Å². The third kappa shape index (κ3) is 5.10. The van der Waals surface area contributed by atoms with E-state index in [2.05, 4.69) is 10.2 Å². The number of aromatic nitrogens is 3. The third-order valence-corrected chi connectivity index (χ3v) is 8.40. The number of aryl methyl sites for hydroxylation is 1. The summed E-state index contributed by atoms with van der Waals surface area (Å²) in [6, 6.07) is 12.7. The number of hydrogen-bond donors (Lipinski definition) is 0. The minimum Gasteiger partial charge on any atom is -0.339 e. The van der Waals surface area contributed by atoms with Gasteiger partial charge in [-0.15, -0.1) is 10.2 Å². The van der Waals surface area contributed by atoms with Crippen LogP contribution in [-0.4, -0.2) is 70.2 Å². The van der Waals surface area contributed by atoms with Crippen LogP contribution in [0.1, 0.15) is 5.56 Å². The molecule has 3 aromatic rings. The Bertz CT molecular complexity index is 1250. The second-order valence-electron chi connectivity index (χ2n) is 7.76. The van der Waals surface area contributed by atoms with E-state index in [1.165, 1.54) is 28.2 Å². The van der Waals surface area contributed by atoms with Crippen molar-refractivity contribution in [2.24, 2.45) is 7.05 Å². The zero-order chi connectivity index (χ0) is 23.6. The average Bonchev–Trinajstić information content (AvgIpc) is 3.18. The lowest BCUT2D eigenvalue weighted by atomic mass is 10.1. The van der Waals surface area contributed by atoms with E-state index in [1.807, 2.05) is 42.8 Å². The second kappa shape index (κ2) is 9.62. The fourth-order valence-corrected chi connectivity index (χ4v) is 5.86. The lowest BCUT2D eigenvalue weighted by Crippen LogP contribution is -2.50. The van der Waals surface area contributed by atoms with Crippen LogP contribution in [0.15, 0.2) is 58.6 Å². The highest BCUT2D eigenvalue weighted by molar-refractivity contribution is 7.99. The van der Waals surface area contributed by atoms with E-state index in [-0.39, 0.29) is 29.6 Å². The minimum absolute atomic E-state index is 0.0472. The van der Waals surface area contributed by atoms with Crippen molar-refractivity contribution >= 4 is 27.7 Å². The number of nitrogens with zero attached hydrogens (tertiary/aromatic N) is 5. The number of halogens is 1. The summed E-state index contributed by atoms with van der Waals surface area (Å²) in [5, 5.41) is 9.11. The van der Waals surface area contributed by atoms with E-state index in [1.54, 1.807) is 4.90 Å². The largest absolute Gasteiger partial charge is 0.339 e. The number of carbonyl (C=O) groups excluding carboxylic acids is 1. The van der Waals surface area contributed by atoms with Gasteiger partial charge in [0.05, 0.1) is 10.6 Å². The van der Waals surface area contributed by atoms with Gasteiger partial charge in [0.15, 0.2) is 11.0 Å². The van der Waals surface area contributed by atoms with Crippen molar-refractivity contribution in [3.05, 3.63) is 59.9 Å². The molecule has 0 radical (unpaired) electrons. The fourth-order valence-electron chi connectivity index (χ4n) is 3.63. The van der Waals surface area contributed by atoms with Crippen LogP contribution in [0, 0.1) is 12.7 Å². The van der Waals surface area contributed by atoms with Crippen molar-refractivity contribution in [1.29, 1.82) is 0 Å². The highest BCUT2D eigenvalue weighted by atomic mass is 32.2. The van der Waals surface area contributed by atoms with E-state index < -0.39 is 15.8 Å². The Hall–Kier alpha value is -2.76. The molecule has 0 N–H and O–H groups in total. The van der Waals surface area contributed by atoms with Crippen LogP contribution in [0.3, 0.4) is 0 Å². The Balaban J connectivity index is 1.33. The number of thioether (sulfide) groups is 1. The standard InChI is InChI=1S/C22H24FN5O3S2/c1-16-4-3-5-17(14-16)21-24-25-22(26(21)2)32-15-20(29)27-10-12-28(13-11-27)33(30,31)19-8-6-18(23)7-9-19/h3-9,14H,10-13,15H2,1-2H3. The Kier molecular flexibility index (Phi) is 6.82. The molecular weight excluding hydrogens is 465 g/mol. The maximum absolute atomic E-state index is 13.1. The first-order chi connectivity index (χ1) is 15.8. The summed E-state index contributed by atoms with van der Waals surface area (Å²) in [5.41, 5.74) is 2.09. The molecule has 1 fully saturated rings. The molecule has 0 bridgehead atoms. The van der Waals surface area contributed by atoms with Gasteiger partial charge < -0.3 is 9.47 Å². The molecule has 1 aromatic heterocycles. The summed E-state index contributed by atoms with van der Waals surface area (Å²) < 4.78 is 41.8. The first-order valence-electron chi connectivity index (χ1n) is 10.4. The average molecular weight is 490 g/mol. The van der Waals surface area contributed by atoms with E-state index in [0.29, 0.717) is 18.2 Å². The molecule has 0 aliphatic carbocycles. The number of hydrogen-bond acceptors (Lipinski definition) is 6. The molecule has 2 aromatic carbocycles. The molecule has 1 aliphatic heterocycles. The van der Waals surface area contributed by atoms with Gasteiger partial charge in [-0.1, -0.05) is 35.5 Å². The third-order valence-electron chi connectivity index (χ3n) is 5.48. The molecule has 174 valence electrons. The van der Waals surface area contributed by atoms with Crippen LogP contribution in [0.5, 0.6) is 0 Å². The van der Waals surface area contributed by atoms with Crippen molar-refractivity contribution < 1.29 is 17.6 Å². The molecule has 0 saturated carbocycles. The van der Waals surface area contributed by atoms with Gasteiger partial charge in [-0.3, -0.25) is 4.79 Å². The first-order valence-corrected chi connectivity index (χ1v) is 12.8. The lowest BCUT2D eigenvalue weighted by Gasteiger charge is -2.34. The predicted octanol–water partition coefficient (Wildman–Crippen LogP) is 2.55. The lowest BCUT2D eigenvalue weighted by molar-refractivity contribution is -0.129. The SMILES string of the molecule is Cc1cccc(-c2nnc(SCC(=O)N3CCN(S(=O)(=O)c4ccc(F)cc4)CC3)n2C)c1. The monoisotopic (exact) mass is 489 g/mol. The van der Waals surface area contributed by atoms with E-state index in [4.69, 9.17) is 0 Å². The van der Waals surface area contributed by atoms with Crippen molar-refractivity contribution in [2.75, 3.05) is 31.9 Å². The van der Waals surface area contributed by atoms with Crippen LogP contribution in [0.4, 0.5) is 4.39 Å². The highest BCUT2D eigenvalue weighted by Crippen LogP contribution is 2.24. The van der Waals surface area contributed by atoms with Gasteiger partial charge in [-0.25, -0.2) is 12.8 Å². The molecular formula is C22H24FN5O3S2. The summed E-state index contributed by atoms with van der Waals surface area (Å²) in [6.45, 7) is 2.99. The van der Waals surface area contributed by atoms with Gasteiger partial charge in [-0.05, 0) is 37.3 Å². The van der Waals surface area contributed by atoms with Gasteiger partial charge in [0.2, 0.25) is 15.9 Å². The molecule has 33 heavy (non-hydrogen) atoms. The molecule has 1 aliphatic rings. The fraction of sp³-hybridized carbons (Fsp3) is 0.318. The molecule has 0 spiro atoms. The summed E-state index contributed by atoms with van der Waals surface area (Å²) >= 11 is 1.30. The Morgan fingerprint density at radius 2 is 1.76 bits per heavy atom. The Morgan fingerprint density at radius 1 is 1.06 bits per heavy atom. The molecule has 8 nitrogen and oxygen atoms in total. The van der Waals surface area contributed by atoms with Crippen LogP contribution in [0.25, 0.3) is 11.4 Å². The summed E-state index contributed by atoms with van der Waals surface area (Å²) in [7, 11) is -1.85. The maximum atomic E-state index is 13.1. The molecule has 4 rings (SSSR count). The second-order valence-corrected chi connectivity index (χ2v) is 10.6. The summed E-state index contributed by atoms with van der Waals surface area (Å²) in [4.78, 5) is 14.4. The number of sulfonamides is 1. The zero-order valence-electron chi connectivity index (χ0n) is 18.3. The topological polar surface area (TPSA) is 88.4 Å². The van der Waals surface area contributed by atoms with Gasteiger partial charge in [0.25, 0.3) is 0 Å². The van der Waals surface area contributed by atoms with Crippen molar-refractivity contribution in [1.82, 2.24) is 24.0 Å². The normalized spacial score (nSPS) is 15.1. The molecule has 0 unspecified atom stereocenters. The maximum Gasteiger partial charge on any atom is 0.243 e. The summed E-state index contributed by atoms with van der Waals surface area (Å²) in [6.07, 6.45) is 0. The van der Waals surface area contributed by atoms with Gasteiger partial charge >= 0.3 is 0 Å². The first kappa shape index (κ1) is 23.4. The highest BCUT2D eigenvalue weighted by Gasteiger charge is 2.30. The molecule has 0 atom stereocenters. The molecule has 1 amide bonds. The number of rotatable bonds is 6. The smallest absolute Gasteiger partial charge is 0.243 e. The van der Waals surface area contributed by atoms with Crippen LogP contribution in [0.2, 0.25) is 0 Å². The van der Waals surface area contributed by atoms with Crippen molar-refractivity contribution in [3.8, 4) is 11.4 Å². The predicted molar refractivity (Wildman–Crippen MR) is 124 cm³/mol. The number of carbonyl (C=O) groups is 1. The summed E-state index contributed by atoms with van der Waals surface area (Å²) in [5.74, 6) is 0.341. The molecule has 1 saturated heterocycles. The van der Waals surface area contributed by atoms with E-state index >= 15 is 0 Å². The van der Waals surface area contributed by atoms with Crippen LogP contribution >= 0.6 is 11.8 Å². The van der Waals surface area contributed by atoms with Crippen LogP contribution in [-0.2, 0) is 21.9 Å².